The van der Waals surface area contributed by atoms with Crippen LogP contribution in [0.1, 0.15) is 65.2 Å². The first-order chi connectivity index (χ1) is 7.65. The van der Waals surface area contributed by atoms with Crippen molar-refractivity contribution in [1.82, 2.24) is 0 Å². The van der Waals surface area contributed by atoms with Crippen LogP contribution in [0.3, 0.4) is 0 Å². The largest absolute Gasteiger partial charge is 0.393 e. The van der Waals surface area contributed by atoms with Gasteiger partial charge in [0.05, 0.1) is 6.10 Å². The first-order valence-corrected chi connectivity index (χ1v) is 7.33. The summed E-state index contributed by atoms with van der Waals surface area (Å²) in [4.78, 5) is 0. The number of hydrogen-bond acceptors (Lipinski definition) is 1. The van der Waals surface area contributed by atoms with Gasteiger partial charge in [-0.25, -0.2) is 0 Å². The first kappa shape index (κ1) is 12.4. The lowest BCUT2D eigenvalue weighted by Gasteiger charge is -2.35. The van der Waals surface area contributed by atoms with Crippen molar-refractivity contribution in [2.75, 3.05) is 0 Å². The topological polar surface area (TPSA) is 20.2 Å². The smallest absolute Gasteiger partial charge is 0.0568 e. The molecule has 1 nitrogen and oxygen atoms in total. The van der Waals surface area contributed by atoms with Crippen molar-refractivity contribution in [2.24, 2.45) is 23.7 Å². The van der Waals surface area contributed by atoms with E-state index < -0.39 is 0 Å². The minimum absolute atomic E-state index is 0.0127. The van der Waals surface area contributed by atoms with E-state index in [1.165, 1.54) is 44.9 Å². The van der Waals surface area contributed by atoms with E-state index in [9.17, 15) is 5.11 Å². The number of aliphatic hydroxyl groups excluding tert-OH is 1. The molecule has 0 saturated heterocycles. The van der Waals surface area contributed by atoms with E-state index in [1.54, 1.807) is 0 Å². The van der Waals surface area contributed by atoms with Gasteiger partial charge in [-0.05, 0) is 49.4 Å². The van der Waals surface area contributed by atoms with E-state index in [0.717, 1.165) is 24.2 Å². The van der Waals surface area contributed by atoms with Gasteiger partial charge in [0, 0.05) is 0 Å². The molecular weight excluding hydrogens is 196 g/mol. The normalized spacial score (nSPS) is 45.6. The number of rotatable bonds is 2. The molecule has 2 aliphatic carbocycles. The fourth-order valence-electron chi connectivity index (χ4n) is 3.63. The highest BCUT2D eigenvalue weighted by molar-refractivity contribution is 4.80. The zero-order valence-electron chi connectivity index (χ0n) is 11.0. The number of hydrogen-bond donors (Lipinski definition) is 1. The Morgan fingerprint density at radius 3 is 2.12 bits per heavy atom. The predicted molar refractivity (Wildman–Crippen MR) is 68.3 cm³/mol. The molecule has 0 spiro atoms. The highest BCUT2D eigenvalue weighted by Crippen LogP contribution is 2.38. The second-order valence-corrected chi connectivity index (χ2v) is 6.59. The Hall–Kier alpha value is -0.0400. The second-order valence-electron chi connectivity index (χ2n) is 6.59. The zero-order valence-corrected chi connectivity index (χ0v) is 11.0. The quantitative estimate of drug-likeness (QED) is 0.751. The molecule has 1 N–H and O–H groups in total. The predicted octanol–water partition coefficient (Wildman–Crippen LogP) is 4.00. The molecule has 0 radical (unpaired) electrons. The van der Waals surface area contributed by atoms with Crippen molar-refractivity contribution < 1.29 is 5.11 Å². The Bertz CT molecular complexity index is 205. The molecule has 0 aromatic heterocycles. The standard InChI is InChI=1S/C15H28O/c1-11-3-6-13(7-4-11)9-14-8-5-12(2)15(16)10-14/h11-16H,3-10H2,1-2H3. The minimum atomic E-state index is -0.0127. The van der Waals surface area contributed by atoms with Crippen LogP contribution in [0.25, 0.3) is 0 Å². The Kier molecular flexibility index (Phi) is 4.29. The second kappa shape index (κ2) is 5.53. The van der Waals surface area contributed by atoms with Gasteiger partial charge in [-0.1, -0.05) is 39.5 Å². The van der Waals surface area contributed by atoms with Gasteiger partial charge < -0.3 is 5.11 Å². The lowest BCUT2D eigenvalue weighted by molar-refractivity contribution is 0.0439. The Morgan fingerprint density at radius 2 is 1.50 bits per heavy atom. The molecule has 2 rings (SSSR count). The van der Waals surface area contributed by atoms with Crippen molar-refractivity contribution in [1.29, 1.82) is 0 Å². The van der Waals surface area contributed by atoms with Crippen LogP contribution in [0.15, 0.2) is 0 Å². The maximum Gasteiger partial charge on any atom is 0.0568 e. The molecular formula is C15H28O. The Balaban J connectivity index is 1.73. The minimum Gasteiger partial charge on any atom is -0.393 e. The maximum absolute atomic E-state index is 9.92. The molecule has 0 aromatic rings. The van der Waals surface area contributed by atoms with E-state index in [4.69, 9.17) is 0 Å². The lowest BCUT2D eigenvalue weighted by Crippen LogP contribution is -2.29. The lowest BCUT2D eigenvalue weighted by atomic mass is 9.73. The molecule has 0 aliphatic heterocycles. The van der Waals surface area contributed by atoms with Crippen LogP contribution in [0.2, 0.25) is 0 Å². The summed E-state index contributed by atoms with van der Waals surface area (Å²) < 4.78 is 0. The summed E-state index contributed by atoms with van der Waals surface area (Å²) in [6, 6.07) is 0. The fraction of sp³-hybridized carbons (Fsp3) is 1.00. The maximum atomic E-state index is 9.92. The SMILES string of the molecule is CC1CCC(CC2CCC(C)C(O)C2)CC1. The van der Waals surface area contributed by atoms with Crippen molar-refractivity contribution in [3.05, 3.63) is 0 Å². The zero-order chi connectivity index (χ0) is 11.5. The molecule has 2 aliphatic rings. The Morgan fingerprint density at radius 1 is 0.875 bits per heavy atom. The van der Waals surface area contributed by atoms with Gasteiger partial charge in [0.25, 0.3) is 0 Å². The summed E-state index contributed by atoms with van der Waals surface area (Å²) in [6.45, 7) is 4.59. The van der Waals surface area contributed by atoms with E-state index in [0.29, 0.717) is 5.92 Å². The summed E-state index contributed by atoms with van der Waals surface area (Å²) in [7, 11) is 0. The molecule has 0 heterocycles. The van der Waals surface area contributed by atoms with E-state index in [-0.39, 0.29) is 6.10 Å². The average Bonchev–Trinajstić information content (AvgIpc) is 2.27. The van der Waals surface area contributed by atoms with Gasteiger partial charge in [0.15, 0.2) is 0 Å². The van der Waals surface area contributed by atoms with Gasteiger partial charge >= 0.3 is 0 Å². The van der Waals surface area contributed by atoms with Gasteiger partial charge in [0.1, 0.15) is 0 Å². The van der Waals surface area contributed by atoms with Crippen LogP contribution >= 0.6 is 0 Å². The molecule has 1 heteroatoms. The summed E-state index contributed by atoms with van der Waals surface area (Å²) in [5.41, 5.74) is 0. The highest BCUT2D eigenvalue weighted by atomic mass is 16.3. The summed E-state index contributed by atoms with van der Waals surface area (Å²) in [6.07, 6.45) is 10.9. The van der Waals surface area contributed by atoms with Crippen molar-refractivity contribution in [3.8, 4) is 0 Å². The third kappa shape index (κ3) is 3.23. The van der Waals surface area contributed by atoms with Gasteiger partial charge in [-0.2, -0.15) is 0 Å². The fourth-order valence-corrected chi connectivity index (χ4v) is 3.63. The van der Waals surface area contributed by atoms with Crippen LogP contribution in [0.4, 0.5) is 0 Å². The molecule has 0 bridgehead atoms. The monoisotopic (exact) mass is 224 g/mol. The van der Waals surface area contributed by atoms with Crippen molar-refractivity contribution in [2.45, 2.75) is 71.3 Å². The van der Waals surface area contributed by atoms with Gasteiger partial charge in [0.2, 0.25) is 0 Å². The van der Waals surface area contributed by atoms with E-state index in [2.05, 4.69) is 13.8 Å². The van der Waals surface area contributed by atoms with E-state index >= 15 is 0 Å². The molecule has 2 fully saturated rings. The third-order valence-electron chi connectivity index (χ3n) is 5.06. The summed E-state index contributed by atoms with van der Waals surface area (Å²) in [5.74, 6) is 3.31. The van der Waals surface area contributed by atoms with Crippen LogP contribution in [0, 0.1) is 23.7 Å². The molecule has 16 heavy (non-hydrogen) atoms. The molecule has 3 unspecified atom stereocenters. The average molecular weight is 224 g/mol. The van der Waals surface area contributed by atoms with Crippen LogP contribution < -0.4 is 0 Å². The van der Waals surface area contributed by atoms with Gasteiger partial charge in [-0.15, -0.1) is 0 Å². The molecule has 0 amide bonds. The highest BCUT2D eigenvalue weighted by Gasteiger charge is 2.28. The molecule has 3 atom stereocenters. The van der Waals surface area contributed by atoms with Crippen molar-refractivity contribution in [3.63, 3.8) is 0 Å². The van der Waals surface area contributed by atoms with Gasteiger partial charge in [-0.3, -0.25) is 0 Å². The van der Waals surface area contributed by atoms with Crippen LogP contribution in [0.5, 0.6) is 0 Å². The third-order valence-corrected chi connectivity index (χ3v) is 5.06. The molecule has 94 valence electrons. The first-order valence-electron chi connectivity index (χ1n) is 7.33. The Labute approximate surface area is 101 Å². The summed E-state index contributed by atoms with van der Waals surface area (Å²) >= 11 is 0. The molecule has 2 saturated carbocycles. The van der Waals surface area contributed by atoms with Crippen LogP contribution in [-0.4, -0.2) is 11.2 Å². The van der Waals surface area contributed by atoms with Crippen molar-refractivity contribution >= 4 is 0 Å². The van der Waals surface area contributed by atoms with Crippen LogP contribution in [-0.2, 0) is 0 Å². The van der Waals surface area contributed by atoms with E-state index in [1.807, 2.05) is 0 Å². The number of aliphatic hydroxyl groups is 1. The summed E-state index contributed by atoms with van der Waals surface area (Å²) in [5, 5.41) is 9.92. The molecule has 0 aromatic carbocycles.